The zero-order valence-corrected chi connectivity index (χ0v) is 10.5. The molecule has 1 aromatic heterocycles. The van der Waals surface area contributed by atoms with Crippen LogP contribution in [0.15, 0.2) is 36.5 Å². The lowest BCUT2D eigenvalue weighted by Crippen LogP contribution is -2.09. The van der Waals surface area contributed by atoms with Crippen molar-refractivity contribution in [2.24, 2.45) is 0 Å². The summed E-state index contributed by atoms with van der Waals surface area (Å²) in [5.74, 6) is -1.58. The number of hydrogen-bond donors (Lipinski definition) is 2. The summed E-state index contributed by atoms with van der Waals surface area (Å²) < 4.78 is 13.2. The van der Waals surface area contributed by atoms with Gasteiger partial charge in [0.1, 0.15) is 5.82 Å². The summed E-state index contributed by atoms with van der Waals surface area (Å²) in [5.41, 5.74) is 0.999. The predicted octanol–water partition coefficient (Wildman–Crippen LogP) is 3.18. The van der Waals surface area contributed by atoms with Crippen molar-refractivity contribution < 1.29 is 14.3 Å². The first-order valence-corrected chi connectivity index (χ1v) is 5.82. The topological polar surface area (TPSA) is 62.2 Å². The Hall–Kier alpha value is -2.14. The molecular formula is C13H10ClFN2O2. The van der Waals surface area contributed by atoms with Gasteiger partial charge in [-0.15, -0.1) is 0 Å². The number of pyridine rings is 1. The van der Waals surface area contributed by atoms with E-state index in [4.69, 9.17) is 16.7 Å². The van der Waals surface area contributed by atoms with Crippen LogP contribution in [0.4, 0.5) is 10.1 Å². The second-order valence-electron chi connectivity index (χ2n) is 3.79. The van der Waals surface area contributed by atoms with E-state index in [2.05, 4.69) is 10.3 Å². The van der Waals surface area contributed by atoms with Crippen LogP contribution in [-0.4, -0.2) is 16.1 Å². The molecule has 19 heavy (non-hydrogen) atoms. The third kappa shape index (κ3) is 3.20. The predicted molar refractivity (Wildman–Crippen MR) is 69.9 cm³/mol. The van der Waals surface area contributed by atoms with Crippen molar-refractivity contribution in [3.05, 3.63) is 58.6 Å². The average Bonchev–Trinajstić information content (AvgIpc) is 2.40. The number of aromatic nitrogens is 1. The Morgan fingerprint density at radius 2 is 2.21 bits per heavy atom. The highest BCUT2D eigenvalue weighted by molar-refractivity contribution is 6.30. The molecule has 0 aliphatic heterocycles. The molecule has 0 unspecified atom stereocenters. The van der Waals surface area contributed by atoms with E-state index in [1.807, 2.05) is 0 Å². The third-order valence-corrected chi connectivity index (χ3v) is 2.81. The van der Waals surface area contributed by atoms with E-state index in [1.54, 1.807) is 12.1 Å². The van der Waals surface area contributed by atoms with Crippen LogP contribution in [0.3, 0.4) is 0 Å². The number of nitrogens with zero attached hydrogens (tertiary/aromatic N) is 1. The van der Waals surface area contributed by atoms with Gasteiger partial charge in [0, 0.05) is 11.9 Å². The molecule has 2 aromatic rings. The number of hydrogen-bond acceptors (Lipinski definition) is 3. The van der Waals surface area contributed by atoms with Gasteiger partial charge in [0.2, 0.25) is 0 Å². The number of anilines is 1. The van der Waals surface area contributed by atoms with Crippen LogP contribution >= 0.6 is 11.6 Å². The first kappa shape index (κ1) is 13.3. The number of carboxylic acids is 1. The highest BCUT2D eigenvalue weighted by Crippen LogP contribution is 2.19. The number of nitrogens with one attached hydrogen (secondary N) is 1. The van der Waals surface area contributed by atoms with Gasteiger partial charge in [-0.3, -0.25) is 4.98 Å². The minimum absolute atomic E-state index is 0.0367. The van der Waals surface area contributed by atoms with Crippen LogP contribution in [0.25, 0.3) is 0 Å². The summed E-state index contributed by atoms with van der Waals surface area (Å²) in [6.45, 7) is 0.184. The average molecular weight is 281 g/mol. The summed E-state index contributed by atoms with van der Waals surface area (Å²) in [7, 11) is 0. The third-order valence-electron chi connectivity index (χ3n) is 2.50. The lowest BCUT2D eigenvalue weighted by atomic mass is 10.2. The van der Waals surface area contributed by atoms with E-state index in [0.717, 1.165) is 0 Å². The molecule has 2 rings (SSSR count). The maximum atomic E-state index is 13.2. The molecule has 0 spiro atoms. The molecule has 0 aliphatic carbocycles. The second-order valence-corrected chi connectivity index (χ2v) is 4.19. The Labute approximate surface area is 113 Å². The van der Waals surface area contributed by atoms with E-state index in [0.29, 0.717) is 11.4 Å². The lowest BCUT2D eigenvalue weighted by molar-refractivity contribution is 0.0695. The minimum atomic E-state index is -1.05. The van der Waals surface area contributed by atoms with Gasteiger partial charge in [0.25, 0.3) is 0 Å². The molecule has 2 N–H and O–H groups in total. The van der Waals surface area contributed by atoms with Crippen LogP contribution in [0.1, 0.15) is 16.1 Å². The van der Waals surface area contributed by atoms with Gasteiger partial charge >= 0.3 is 5.97 Å². The zero-order chi connectivity index (χ0) is 13.8. The molecule has 98 valence electrons. The molecule has 0 amide bonds. The lowest BCUT2D eigenvalue weighted by Gasteiger charge is -2.08. The van der Waals surface area contributed by atoms with Crippen molar-refractivity contribution in [1.29, 1.82) is 0 Å². The summed E-state index contributed by atoms with van der Waals surface area (Å²) in [4.78, 5) is 15.0. The number of carboxylic acid groups (broad SMARTS) is 1. The number of carbonyl (C=O) groups is 1. The molecule has 0 radical (unpaired) electrons. The highest BCUT2D eigenvalue weighted by atomic mass is 35.5. The number of rotatable bonds is 4. The largest absolute Gasteiger partial charge is 0.478 e. The van der Waals surface area contributed by atoms with Crippen molar-refractivity contribution in [2.45, 2.75) is 6.54 Å². The van der Waals surface area contributed by atoms with E-state index in [-0.39, 0.29) is 17.1 Å². The van der Waals surface area contributed by atoms with Crippen LogP contribution in [-0.2, 0) is 6.54 Å². The number of benzene rings is 1. The second kappa shape index (κ2) is 5.67. The van der Waals surface area contributed by atoms with Crippen LogP contribution < -0.4 is 5.32 Å². The number of halogens is 2. The number of aromatic carboxylic acids is 1. The molecule has 0 bridgehead atoms. The smallest absolute Gasteiger partial charge is 0.337 e. The van der Waals surface area contributed by atoms with Gasteiger partial charge in [-0.2, -0.15) is 0 Å². The zero-order valence-electron chi connectivity index (χ0n) is 9.73. The van der Waals surface area contributed by atoms with Crippen molar-refractivity contribution in [3.63, 3.8) is 0 Å². The standard InChI is InChI=1S/C13H10ClFN2O2/c14-10-4-3-8(6-11(10)15)17-7-12-9(13(18)19)2-1-5-16-12/h1-6,17H,7H2,(H,18,19). The van der Waals surface area contributed by atoms with Crippen LogP contribution in [0, 0.1) is 5.82 Å². The molecule has 1 aromatic carbocycles. The van der Waals surface area contributed by atoms with Crippen LogP contribution in [0.2, 0.25) is 5.02 Å². The van der Waals surface area contributed by atoms with Gasteiger partial charge in [-0.25, -0.2) is 9.18 Å². The maximum Gasteiger partial charge on any atom is 0.337 e. The molecule has 0 aliphatic rings. The molecule has 0 fully saturated rings. The Morgan fingerprint density at radius 3 is 2.89 bits per heavy atom. The fourth-order valence-corrected chi connectivity index (χ4v) is 1.68. The van der Waals surface area contributed by atoms with Crippen molar-refractivity contribution in [1.82, 2.24) is 4.98 Å². The van der Waals surface area contributed by atoms with E-state index >= 15 is 0 Å². The van der Waals surface area contributed by atoms with Crippen molar-refractivity contribution >= 4 is 23.3 Å². The van der Waals surface area contributed by atoms with Gasteiger partial charge in [0.05, 0.1) is 22.8 Å². The maximum absolute atomic E-state index is 13.2. The molecule has 0 saturated heterocycles. The molecule has 4 nitrogen and oxygen atoms in total. The van der Waals surface area contributed by atoms with E-state index < -0.39 is 11.8 Å². The Bertz CT molecular complexity index is 619. The van der Waals surface area contributed by atoms with E-state index in [9.17, 15) is 9.18 Å². The van der Waals surface area contributed by atoms with Gasteiger partial charge in [0.15, 0.2) is 0 Å². The minimum Gasteiger partial charge on any atom is -0.478 e. The summed E-state index contributed by atoms with van der Waals surface area (Å²) in [6, 6.07) is 7.29. The van der Waals surface area contributed by atoms with Crippen LogP contribution in [0.5, 0.6) is 0 Å². The monoisotopic (exact) mass is 280 g/mol. The molecule has 1 heterocycles. The SMILES string of the molecule is O=C(O)c1cccnc1CNc1ccc(Cl)c(F)c1. The fraction of sp³-hybridized carbons (Fsp3) is 0.0769. The summed E-state index contributed by atoms with van der Waals surface area (Å²) in [6.07, 6.45) is 1.51. The molecule has 0 atom stereocenters. The van der Waals surface area contributed by atoms with Crippen molar-refractivity contribution in [2.75, 3.05) is 5.32 Å². The Morgan fingerprint density at radius 1 is 1.42 bits per heavy atom. The summed E-state index contributed by atoms with van der Waals surface area (Å²) in [5, 5.41) is 11.9. The summed E-state index contributed by atoms with van der Waals surface area (Å²) >= 11 is 5.57. The van der Waals surface area contributed by atoms with Gasteiger partial charge in [-0.1, -0.05) is 11.6 Å². The van der Waals surface area contributed by atoms with Crippen molar-refractivity contribution in [3.8, 4) is 0 Å². The quantitative estimate of drug-likeness (QED) is 0.903. The fourth-order valence-electron chi connectivity index (χ4n) is 1.57. The highest BCUT2D eigenvalue weighted by Gasteiger charge is 2.10. The van der Waals surface area contributed by atoms with Gasteiger partial charge in [-0.05, 0) is 30.3 Å². The van der Waals surface area contributed by atoms with Gasteiger partial charge < -0.3 is 10.4 Å². The first-order valence-electron chi connectivity index (χ1n) is 5.44. The Kier molecular flexibility index (Phi) is 3.97. The Balaban J connectivity index is 2.14. The molecule has 0 saturated carbocycles. The molecule has 6 heteroatoms. The normalized spacial score (nSPS) is 10.2. The molecular weight excluding hydrogens is 271 g/mol. The van der Waals surface area contributed by atoms with E-state index in [1.165, 1.54) is 24.4 Å². The first-order chi connectivity index (χ1) is 9.08.